The minimum atomic E-state index is -4.72. The van der Waals surface area contributed by atoms with Gasteiger partial charge in [0.25, 0.3) is 0 Å². The van der Waals surface area contributed by atoms with Crippen LogP contribution in [-0.2, 0) is 10.9 Å². The van der Waals surface area contributed by atoms with Gasteiger partial charge < -0.3 is 14.6 Å². The fourth-order valence-electron chi connectivity index (χ4n) is 3.93. The molecule has 0 spiro atoms. The molecule has 0 fully saturated rings. The van der Waals surface area contributed by atoms with Crippen molar-refractivity contribution in [1.82, 2.24) is 4.98 Å². The van der Waals surface area contributed by atoms with Gasteiger partial charge in [-0.2, -0.15) is 13.2 Å². The number of carbonyl (C=O) groups is 1. The minimum absolute atomic E-state index is 0.0280. The van der Waals surface area contributed by atoms with Gasteiger partial charge in [0.1, 0.15) is 23.9 Å². The second kappa shape index (κ2) is 10.6. The minimum Gasteiger partial charge on any atom is -0.508 e. The van der Waals surface area contributed by atoms with Crippen LogP contribution in [-0.4, -0.2) is 35.2 Å². The van der Waals surface area contributed by atoms with Crippen LogP contribution in [0.2, 0.25) is 0 Å². The molecule has 192 valence electrons. The lowest BCUT2D eigenvalue weighted by Crippen LogP contribution is -2.17. The summed E-state index contributed by atoms with van der Waals surface area (Å²) < 4.78 is 65.3. The van der Waals surface area contributed by atoms with Gasteiger partial charge in [-0.3, -0.25) is 9.78 Å². The molecule has 4 aromatic rings. The van der Waals surface area contributed by atoms with Crippen LogP contribution in [0, 0.1) is 5.82 Å². The highest BCUT2D eigenvalue weighted by Gasteiger charge is 2.32. The van der Waals surface area contributed by atoms with E-state index in [0.717, 1.165) is 12.1 Å². The van der Waals surface area contributed by atoms with Crippen molar-refractivity contribution in [3.63, 3.8) is 0 Å². The number of halogens is 4. The van der Waals surface area contributed by atoms with Gasteiger partial charge in [0, 0.05) is 46.5 Å². The number of hydrogen-bond acceptors (Lipinski definition) is 5. The normalized spacial score (nSPS) is 12.5. The van der Waals surface area contributed by atoms with Crippen LogP contribution in [0.5, 0.6) is 11.5 Å². The third kappa shape index (κ3) is 5.72. The van der Waals surface area contributed by atoms with Crippen LogP contribution in [0.3, 0.4) is 0 Å². The second-order valence-corrected chi connectivity index (χ2v) is 8.37. The third-order valence-corrected chi connectivity index (χ3v) is 5.72. The number of phenols is 1. The van der Waals surface area contributed by atoms with Crippen LogP contribution >= 0.6 is 0 Å². The van der Waals surface area contributed by atoms with Gasteiger partial charge in [-0.05, 0) is 62.4 Å². The van der Waals surface area contributed by atoms with Gasteiger partial charge in [-0.25, -0.2) is 4.39 Å². The first kappa shape index (κ1) is 26.1. The Labute approximate surface area is 210 Å². The number of hydrogen-bond donors (Lipinski definition) is 1. The summed E-state index contributed by atoms with van der Waals surface area (Å²) in [5.74, 6) is -1.21. The number of pyridine rings is 1. The second-order valence-electron chi connectivity index (χ2n) is 8.37. The molecule has 0 aliphatic carbocycles. The molecule has 0 aliphatic heterocycles. The summed E-state index contributed by atoms with van der Waals surface area (Å²) in [7, 11) is 0. The molecule has 4 rings (SSSR count). The van der Waals surface area contributed by atoms with Crippen LogP contribution in [0.25, 0.3) is 22.0 Å². The molecule has 0 aliphatic rings. The van der Waals surface area contributed by atoms with E-state index in [9.17, 15) is 27.5 Å². The Hall–Kier alpha value is -3.98. The number of alkyl halides is 3. The van der Waals surface area contributed by atoms with Crippen molar-refractivity contribution in [3.05, 3.63) is 89.4 Å². The maximum Gasteiger partial charge on any atom is 0.416 e. The summed E-state index contributed by atoms with van der Waals surface area (Å²) in [5, 5.41) is 10.2. The monoisotopic (exact) mass is 513 g/mol. The number of aromatic nitrogens is 1. The van der Waals surface area contributed by atoms with E-state index in [1.54, 1.807) is 24.3 Å². The molecule has 0 amide bonds. The molecule has 1 heterocycles. The van der Waals surface area contributed by atoms with Crippen LogP contribution < -0.4 is 4.74 Å². The molecule has 3 aromatic carbocycles. The van der Waals surface area contributed by atoms with Crippen molar-refractivity contribution in [2.75, 3.05) is 13.2 Å². The number of fused-ring (bicyclic) bond motifs is 1. The van der Waals surface area contributed by atoms with Crippen molar-refractivity contribution in [1.29, 1.82) is 0 Å². The predicted octanol–water partition coefficient (Wildman–Crippen LogP) is 6.80. The van der Waals surface area contributed by atoms with E-state index in [0.29, 0.717) is 30.4 Å². The van der Waals surface area contributed by atoms with Gasteiger partial charge in [0.2, 0.25) is 0 Å². The average molecular weight is 513 g/mol. The van der Waals surface area contributed by atoms with Gasteiger partial charge in [0.15, 0.2) is 5.78 Å². The highest BCUT2D eigenvalue weighted by Crippen LogP contribution is 2.36. The lowest BCUT2D eigenvalue weighted by atomic mass is 9.91. The van der Waals surface area contributed by atoms with Crippen LogP contribution in [0.4, 0.5) is 17.6 Å². The quantitative estimate of drug-likeness (QED) is 0.207. The summed E-state index contributed by atoms with van der Waals surface area (Å²) in [6.45, 7) is 4.62. The fraction of sp³-hybridized carbons (Fsp3) is 0.214. The van der Waals surface area contributed by atoms with E-state index < -0.39 is 23.3 Å². The Balaban J connectivity index is 1.77. The number of rotatable bonds is 8. The Kier molecular flexibility index (Phi) is 7.45. The summed E-state index contributed by atoms with van der Waals surface area (Å²) >= 11 is 0. The van der Waals surface area contributed by atoms with E-state index in [1.807, 2.05) is 13.8 Å². The van der Waals surface area contributed by atoms with Crippen LogP contribution in [0.15, 0.2) is 66.9 Å². The molecule has 0 bridgehead atoms. The highest BCUT2D eigenvalue weighted by atomic mass is 19.4. The van der Waals surface area contributed by atoms with Crippen LogP contribution in [0.1, 0.15) is 35.3 Å². The fourth-order valence-corrected chi connectivity index (χ4v) is 3.93. The maximum atomic E-state index is 14.9. The van der Waals surface area contributed by atoms with Crippen molar-refractivity contribution in [2.24, 2.45) is 0 Å². The zero-order valence-corrected chi connectivity index (χ0v) is 20.0. The van der Waals surface area contributed by atoms with Crippen molar-refractivity contribution >= 4 is 16.7 Å². The zero-order chi connectivity index (χ0) is 26.7. The maximum absolute atomic E-state index is 14.9. The summed E-state index contributed by atoms with van der Waals surface area (Å²) in [6.07, 6.45) is -3.62. The SMILES string of the molecule is CCOC(C)COc1ccc(C(=O)c2c(-c3ccc(C(F)(F)F)cc3F)cnc3cc(O)ccc23)cc1. The molecular formula is C28H23F4NO4. The van der Waals surface area contributed by atoms with Gasteiger partial charge >= 0.3 is 6.18 Å². The number of benzene rings is 3. The first-order chi connectivity index (χ1) is 17.6. The Morgan fingerprint density at radius 3 is 2.41 bits per heavy atom. The molecule has 5 nitrogen and oxygen atoms in total. The first-order valence-electron chi connectivity index (χ1n) is 11.5. The topological polar surface area (TPSA) is 68.7 Å². The molecule has 1 N–H and O–H groups in total. The Bertz CT molecular complexity index is 1440. The van der Waals surface area contributed by atoms with E-state index in [2.05, 4.69) is 4.98 Å². The summed E-state index contributed by atoms with van der Waals surface area (Å²) in [6, 6.07) is 12.6. The molecular weight excluding hydrogens is 490 g/mol. The molecule has 1 atom stereocenters. The highest BCUT2D eigenvalue weighted by molar-refractivity contribution is 6.19. The standard InChI is InChI=1S/C28H23F4NO4/c1-3-36-16(2)15-37-20-8-4-17(5-9-20)27(35)26-22-11-7-19(34)13-25(22)33-14-23(26)21-10-6-18(12-24(21)29)28(30,31)32/h4-14,16,34H,3,15H2,1-2H3. The molecule has 1 unspecified atom stereocenters. The van der Waals surface area contributed by atoms with Crippen molar-refractivity contribution < 1.29 is 36.9 Å². The number of ketones is 1. The predicted molar refractivity (Wildman–Crippen MR) is 130 cm³/mol. The third-order valence-electron chi connectivity index (χ3n) is 5.72. The number of phenolic OH excluding ortho intramolecular Hbond substituents is 1. The Morgan fingerprint density at radius 1 is 1.03 bits per heavy atom. The van der Waals surface area contributed by atoms with E-state index >= 15 is 0 Å². The number of carbonyl (C=O) groups excluding carboxylic acids is 1. The number of aromatic hydroxyl groups is 1. The summed E-state index contributed by atoms with van der Waals surface area (Å²) in [4.78, 5) is 17.9. The summed E-state index contributed by atoms with van der Waals surface area (Å²) in [5.41, 5.74) is -0.760. The van der Waals surface area contributed by atoms with Crippen molar-refractivity contribution in [3.8, 4) is 22.6 Å². The molecule has 0 saturated heterocycles. The van der Waals surface area contributed by atoms with Crippen molar-refractivity contribution in [2.45, 2.75) is 26.1 Å². The number of ether oxygens (including phenoxy) is 2. The van der Waals surface area contributed by atoms with Gasteiger partial charge in [-0.1, -0.05) is 6.07 Å². The molecule has 0 radical (unpaired) electrons. The average Bonchev–Trinajstić information content (AvgIpc) is 2.86. The largest absolute Gasteiger partial charge is 0.508 e. The lowest BCUT2D eigenvalue weighted by molar-refractivity contribution is -0.137. The zero-order valence-electron chi connectivity index (χ0n) is 20.0. The molecule has 9 heteroatoms. The molecule has 0 saturated carbocycles. The van der Waals surface area contributed by atoms with E-state index in [4.69, 9.17) is 9.47 Å². The van der Waals surface area contributed by atoms with E-state index in [-0.39, 0.29) is 39.6 Å². The smallest absolute Gasteiger partial charge is 0.416 e. The molecule has 1 aromatic heterocycles. The van der Waals surface area contributed by atoms with Gasteiger partial charge in [-0.15, -0.1) is 0 Å². The Morgan fingerprint density at radius 2 is 1.76 bits per heavy atom. The molecule has 37 heavy (non-hydrogen) atoms. The lowest BCUT2D eigenvalue weighted by Gasteiger charge is -2.15. The number of nitrogens with zero attached hydrogens (tertiary/aromatic N) is 1. The van der Waals surface area contributed by atoms with E-state index in [1.165, 1.54) is 24.4 Å². The van der Waals surface area contributed by atoms with Gasteiger partial charge in [0.05, 0.1) is 17.2 Å². The first-order valence-corrected chi connectivity index (χ1v) is 11.5.